The van der Waals surface area contributed by atoms with E-state index in [0.29, 0.717) is 31.4 Å². The van der Waals surface area contributed by atoms with Crippen LogP contribution in [0.15, 0.2) is 69.6 Å². The molecule has 2 heterocycles. The molecule has 0 saturated carbocycles. The number of aliphatic carboxylic acids is 1. The molecule has 0 radical (unpaired) electrons. The minimum absolute atomic E-state index is 0.0383. The van der Waals surface area contributed by atoms with E-state index in [9.17, 15) is 23.1 Å². The summed E-state index contributed by atoms with van der Waals surface area (Å²) in [5.41, 5.74) is 2.08. The van der Waals surface area contributed by atoms with E-state index in [2.05, 4.69) is 26.9 Å². The highest BCUT2D eigenvalue weighted by Crippen LogP contribution is 2.54. The molecule has 234 valence electrons. The number of halogens is 3. The maximum atomic E-state index is 12.7. The van der Waals surface area contributed by atoms with Crippen LogP contribution in [0.1, 0.15) is 64.1 Å². The molecule has 2 N–H and O–H groups in total. The molecule has 1 aliphatic rings. The highest BCUT2D eigenvalue weighted by molar-refractivity contribution is 8.31. The summed E-state index contributed by atoms with van der Waals surface area (Å²) in [6.07, 6.45) is 13.4. The Morgan fingerprint density at radius 2 is 2.00 bits per heavy atom. The predicted molar refractivity (Wildman–Crippen MR) is 171 cm³/mol. The van der Waals surface area contributed by atoms with Crippen LogP contribution in [-0.4, -0.2) is 47.1 Å². The predicted octanol–water partition coefficient (Wildman–Crippen LogP) is 9.08. The van der Waals surface area contributed by atoms with Gasteiger partial charge in [-0.05, 0) is 74.4 Å². The van der Waals surface area contributed by atoms with E-state index in [1.54, 1.807) is 18.2 Å². The second-order valence-corrected chi connectivity index (χ2v) is 14.3. The van der Waals surface area contributed by atoms with Crippen molar-refractivity contribution in [2.45, 2.75) is 72.2 Å². The number of rotatable bonds is 17. The summed E-state index contributed by atoms with van der Waals surface area (Å²) in [4.78, 5) is 17.0. The zero-order valence-electron chi connectivity index (χ0n) is 24.7. The number of nitrogens with one attached hydrogen (secondary N) is 1. The van der Waals surface area contributed by atoms with Gasteiger partial charge in [-0.3, -0.25) is 4.72 Å². The Morgan fingerprint density at radius 1 is 1.26 bits per heavy atom. The van der Waals surface area contributed by atoms with Crippen molar-refractivity contribution in [3.63, 3.8) is 0 Å². The van der Waals surface area contributed by atoms with Crippen LogP contribution in [0.4, 0.5) is 13.2 Å². The van der Waals surface area contributed by atoms with E-state index < -0.39 is 22.6 Å². The lowest BCUT2D eigenvalue weighted by Crippen LogP contribution is -2.18. The number of ether oxygens (including phenoxy) is 1. The molecule has 1 aromatic heterocycles. The van der Waals surface area contributed by atoms with Gasteiger partial charge in [0.1, 0.15) is 10.8 Å². The quantitative estimate of drug-likeness (QED) is 0.0756. The van der Waals surface area contributed by atoms with Gasteiger partial charge in [0.2, 0.25) is 0 Å². The molecule has 0 aromatic carbocycles. The largest absolute Gasteiger partial charge is 0.532 e. The Balaban J connectivity index is 1.86. The zero-order valence-corrected chi connectivity index (χ0v) is 27.2. The minimum atomic E-state index is -4.65. The molecule has 0 aliphatic carbocycles. The van der Waals surface area contributed by atoms with Crippen LogP contribution in [0, 0.1) is 0 Å². The molecule has 12 heteroatoms. The molecule has 2 rings (SSSR count). The minimum Gasteiger partial charge on any atom is -0.494 e. The zero-order chi connectivity index (χ0) is 31.2. The number of hydrogen-bond acceptors (Lipinski definition) is 7. The lowest BCUT2D eigenvalue weighted by molar-refractivity contribution is -0.269. The highest BCUT2D eigenvalue weighted by Gasteiger charge is 2.37. The van der Waals surface area contributed by atoms with Crippen molar-refractivity contribution in [2.75, 3.05) is 18.6 Å². The molecule has 2 unspecified atom stereocenters. The van der Waals surface area contributed by atoms with Gasteiger partial charge in [0.05, 0.1) is 12.3 Å². The summed E-state index contributed by atoms with van der Waals surface area (Å²) < 4.78 is 51.8. The third-order valence-corrected chi connectivity index (χ3v) is 9.98. The van der Waals surface area contributed by atoms with Crippen LogP contribution in [0.5, 0.6) is 0 Å². The van der Waals surface area contributed by atoms with Crippen molar-refractivity contribution < 1.29 is 32.0 Å². The van der Waals surface area contributed by atoms with E-state index in [0.717, 1.165) is 39.8 Å². The Kier molecular flexibility index (Phi) is 15.2. The average Bonchev–Trinajstić information content (AvgIpc) is 3.38. The first-order valence-corrected chi connectivity index (χ1v) is 17.7. The average molecular weight is 647 g/mol. The molecule has 1 aromatic rings. The van der Waals surface area contributed by atoms with Gasteiger partial charge in [-0.25, -0.2) is 14.0 Å². The Morgan fingerprint density at radius 3 is 2.60 bits per heavy atom. The number of thiazole rings is 1. The summed E-state index contributed by atoms with van der Waals surface area (Å²) in [7, 11) is -2.36. The Labute approximate surface area is 257 Å². The molecule has 1 aliphatic heterocycles. The van der Waals surface area contributed by atoms with Crippen LogP contribution in [-0.2, 0) is 20.1 Å². The molecule has 0 saturated heterocycles. The van der Waals surface area contributed by atoms with Crippen LogP contribution >= 0.6 is 33.6 Å². The van der Waals surface area contributed by atoms with Crippen molar-refractivity contribution in [1.29, 1.82) is 0 Å². The first-order valence-electron chi connectivity index (χ1n) is 13.8. The topological polar surface area (TPSA) is 80.7 Å². The van der Waals surface area contributed by atoms with E-state index in [1.165, 1.54) is 34.9 Å². The van der Waals surface area contributed by atoms with Crippen LogP contribution in [0.2, 0.25) is 0 Å². The third kappa shape index (κ3) is 13.4. The second kappa shape index (κ2) is 17.8. The molecule has 42 heavy (non-hydrogen) atoms. The fourth-order valence-corrected chi connectivity index (χ4v) is 7.00. The van der Waals surface area contributed by atoms with Gasteiger partial charge in [-0.15, -0.1) is 34.8 Å². The van der Waals surface area contributed by atoms with Gasteiger partial charge in [-0.2, -0.15) is 0 Å². The van der Waals surface area contributed by atoms with E-state index in [-0.39, 0.29) is 11.8 Å². The number of hydrogen-bond donors (Lipinski definition) is 2. The standard InChI is InChI=1S/C30H41F3N2O4S3/c1-6-9-26(13-11-22(4)35-41-27(10-7-2)14-12-23(8-3)29(36)37)38-18-15-25-21-40-28(34-25)24-16-19-42(5,20-17-24)39-30(31,32)33/h9-13,16-17,19,21-22,35H,6-8,14-15,18,20H2,1-5H3,(H,36,37)/b13-11-,23-12+,26-9+,27-10+. The van der Waals surface area contributed by atoms with Crippen LogP contribution in [0.25, 0.3) is 5.57 Å². The van der Waals surface area contributed by atoms with Gasteiger partial charge in [0.25, 0.3) is 0 Å². The first-order chi connectivity index (χ1) is 19.9. The number of nitrogens with zero attached hydrogens (tertiary/aromatic N) is 1. The van der Waals surface area contributed by atoms with E-state index in [1.807, 2.05) is 44.4 Å². The summed E-state index contributed by atoms with van der Waals surface area (Å²) in [6, 6.07) is 0.0383. The number of alkyl halides is 3. The molecular weight excluding hydrogens is 606 g/mol. The molecule has 0 bridgehead atoms. The fraction of sp³-hybridized carbons (Fsp3) is 0.467. The summed E-state index contributed by atoms with van der Waals surface area (Å²) in [6.45, 7) is 8.40. The molecule has 0 spiro atoms. The second-order valence-electron chi connectivity index (χ2n) is 9.53. The van der Waals surface area contributed by atoms with Crippen LogP contribution in [0.3, 0.4) is 0 Å². The van der Waals surface area contributed by atoms with Gasteiger partial charge in [0, 0.05) is 39.6 Å². The van der Waals surface area contributed by atoms with Gasteiger partial charge in [0.15, 0.2) is 0 Å². The molecule has 2 atom stereocenters. The maximum absolute atomic E-state index is 12.7. The van der Waals surface area contributed by atoms with E-state index in [4.69, 9.17) is 4.74 Å². The fourth-order valence-electron chi connectivity index (χ4n) is 3.68. The lowest BCUT2D eigenvalue weighted by Gasteiger charge is -2.33. The van der Waals surface area contributed by atoms with Gasteiger partial charge < -0.3 is 9.84 Å². The summed E-state index contributed by atoms with van der Waals surface area (Å²) in [5.74, 6) is 0.0775. The van der Waals surface area contributed by atoms with Crippen molar-refractivity contribution in [1.82, 2.24) is 9.71 Å². The number of carboxylic acid groups (broad SMARTS) is 1. The monoisotopic (exact) mass is 646 g/mol. The Bertz CT molecular complexity index is 1220. The number of aromatic nitrogens is 1. The van der Waals surface area contributed by atoms with E-state index >= 15 is 0 Å². The van der Waals surface area contributed by atoms with Crippen molar-refractivity contribution >= 4 is 45.1 Å². The Hall–Kier alpha value is -2.25. The summed E-state index contributed by atoms with van der Waals surface area (Å²) in [5, 5.41) is 13.5. The van der Waals surface area contributed by atoms with Crippen molar-refractivity contribution in [3.05, 3.63) is 80.3 Å². The highest BCUT2D eigenvalue weighted by atomic mass is 32.3. The SMILES string of the molecule is CC/C=C(\C=C/C(C)NS/C(=C/CC)C/C=C(\CC)C(=O)O)OCCc1csc(C2=CCS(C)(OC(F)(F)F)C=C2)n1. The maximum Gasteiger partial charge on any atom is 0.532 e. The molecule has 0 amide bonds. The summed E-state index contributed by atoms with van der Waals surface area (Å²) >= 11 is 2.96. The lowest BCUT2D eigenvalue weighted by atomic mass is 10.1. The first kappa shape index (κ1) is 35.9. The third-order valence-electron chi connectivity index (χ3n) is 5.85. The molecule has 6 nitrogen and oxygen atoms in total. The van der Waals surface area contributed by atoms with Crippen molar-refractivity contribution in [2.24, 2.45) is 0 Å². The number of carbonyl (C=O) groups is 1. The number of allylic oxidation sites excluding steroid dienone is 7. The molecular formula is C30H41F3N2O4S3. The van der Waals surface area contributed by atoms with Gasteiger partial charge in [-0.1, -0.05) is 45.1 Å². The van der Waals surface area contributed by atoms with Crippen LogP contribution < -0.4 is 4.72 Å². The smallest absolute Gasteiger partial charge is 0.494 e. The number of carboxylic acids is 1. The van der Waals surface area contributed by atoms with Gasteiger partial charge >= 0.3 is 12.3 Å². The van der Waals surface area contributed by atoms with Crippen molar-refractivity contribution in [3.8, 4) is 0 Å². The normalized spacial score (nSPS) is 20.9. The molecule has 0 fully saturated rings.